The van der Waals surface area contributed by atoms with Gasteiger partial charge in [-0.15, -0.1) is 11.3 Å². The molecule has 1 aromatic heterocycles. The molecule has 5 heteroatoms. The summed E-state index contributed by atoms with van der Waals surface area (Å²) in [4.78, 5) is 16.7. The third-order valence-corrected chi connectivity index (χ3v) is 3.28. The third-order valence-electron chi connectivity index (χ3n) is 2.30. The van der Waals surface area contributed by atoms with Crippen molar-refractivity contribution in [1.29, 1.82) is 0 Å². The summed E-state index contributed by atoms with van der Waals surface area (Å²) >= 11 is 1.30. The molecule has 0 aliphatic rings. The molecule has 0 saturated carbocycles. The van der Waals surface area contributed by atoms with Gasteiger partial charge in [0, 0.05) is 5.56 Å². The predicted molar refractivity (Wildman–Crippen MR) is 67.7 cm³/mol. The molecule has 1 aromatic carbocycles. The van der Waals surface area contributed by atoms with Crippen molar-refractivity contribution < 1.29 is 9.53 Å². The van der Waals surface area contributed by atoms with Crippen LogP contribution in [0.3, 0.4) is 0 Å². The van der Waals surface area contributed by atoms with Gasteiger partial charge in [0.1, 0.15) is 16.4 Å². The fraction of sp³-hybridized carbons (Fsp3) is 0.167. The Labute approximate surface area is 103 Å². The number of ether oxygens (including phenoxy) is 1. The maximum atomic E-state index is 12.2. The fourth-order valence-corrected chi connectivity index (χ4v) is 2.30. The van der Waals surface area contributed by atoms with E-state index in [-0.39, 0.29) is 5.78 Å². The number of hydrogen-bond donors (Lipinski definition) is 1. The smallest absolute Gasteiger partial charge is 0.206 e. The Bertz CT molecular complexity index is 563. The summed E-state index contributed by atoms with van der Waals surface area (Å²) in [6, 6.07) is 6.99. The lowest BCUT2D eigenvalue weighted by atomic mass is 10.1. The van der Waals surface area contributed by atoms with Crippen LogP contribution in [0.15, 0.2) is 24.3 Å². The number of anilines is 1. The van der Waals surface area contributed by atoms with Crippen LogP contribution >= 0.6 is 11.3 Å². The molecule has 0 aliphatic heterocycles. The van der Waals surface area contributed by atoms with Crippen LogP contribution < -0.4 is 10.5 Å². The SMILES string of the molecule is COc1cccc(C(=O)c2sc(C)nc2N)c1. The molecule has 0 fully saturated rings. The summed E-state index contributed by atoms with van der Waals surface area (Å²) in [5.41, 5.74) is 6.25. The maximum absolute atomic E-state index is 12.2. The van der Waals surface area contributed by atoms with Gasteiger partial charge in [-0.2, -0.15) is 0 Å². The molecule has 0 bridgehead atoms. The van der Waals surface area contributed by atoms with Gasteiger partial charge in [0.15, 0.2) is 0 Å². The van der Waals surface area contributed by atoms with Crippen molar-refractivity contribution >= 4 is 22.9 Å². The van der Waals surface area contributed by atoms with Gasteiger partial charge in [-0.05, 0) is 19.1 Å². The molecule has 0 aliphatic carbocycles. The molecule has 88 valence electrons. The molecular formula is C12H12N2O2S. The molecule has 0 amide bonds. The Morgan fingerprint density at radius 3 is 2.82 bits per heavy atom. The number of benzene rings is 1. The molecule has 2 rings (SSSR count). The second-order valence-electron chi connectivity index (χ2n) is 3.51. The van der Waals surface area contributed by atoms with Gasteiger partial charge < -0.3 is 10.5 Å². The second kappa shape index (κ2) is 4.55. The van der Waals surface area contributed by atoms with E-state index in [2.05, 4.69) is 4.98 Å². The minimum Gasteiger partial charge on any atom is -0.497 e. The fourth-order valence-electron chi connectivity index (χ4n) is 1.50. The highest BCUT2D eigenvalue weighted by atomic mass is 32.1. The van der Waals surface area contributed by atoms with Gasteiger partial charge >= 0.3 is 0 Å². The molecule has 1 heterocycles. The van der Waals surface area contributed by atoms with Gasteiger partial charge in [-0.1, -0.05) is 12.1 Å². The first-order chi connectivity index (χ1) is 8.11. The van der Waals surface area contributed by atoms with Crippen molar-refractivity contribution in [2.45, 2.75) is 6.92 Å². The monoisotopic (exact) mass is 248 g/mol. The highest BCUT2D eigenvalue weighted by molar-refractivity contribution is 7.14. The molecular weight excluding hydrogens is 236 g/mol. The summed E-state index contributed by atoms with van der Waals surface area (Å²) in [7, 11) is 1.56. The molecule has 2 aromatic rings. The lowest BCUT2D eigenvalue weighted by Gasteiger charge is -2.02. The first-order valence-electron chi connectivity index (χ1n) is 5.03. The van der Waals surface area contributed by atoms with Crippen LogP contribution in [-0.2, 0) is 0 Å². The number of nitrogen functional groups attached to an aromatic ring is 1. The van der Waals surface area contributed by atoms with Crippen molar-refractivity contribution in [2.75, 3.05) is 12.8 Å². The lowest BCUT2D eigenvalue weighted by molar-refractivity contribution is 0.104. The van der Waals surface area contributed by atoms with E-state index in [0.717, 1.165) is 5.01 Å². The minimum absolute atomic E-state index is 0.119. The number of nitrogens with zero attached hydrogens (tertiary/aromatic N) is 1. The number of nitrogens with two attached hydrogens (primary N) is 1. The number of aromatic nitrogens is 1. The van der Waals surface area contributed by atoms with Crippen LogP contribution in [0.5, 0.6) is 5.75 Å². The van der Waals surface area contributed by atoms with Crippen molar-refractivity contribution in [1.82, 2.24) is 4.98 Å². The Kier molecular flexibility index (Phi) is 3.10. The Morgan fingerprint density at radius 1 is 1.47 bits per heavy atom. The van der Waals surface area contributed by atoms with E-state index in [1.165, 1.54) is 11.3 Å². The summed E-state index contributed by atoms with van der Waals surface area (Å²) in [6.45, 7) is 1.82. The molecule has 17 heavy (non-hydrogen) atoms. The van der Waals surface area contributed by atoms with E-state index in [0.29, 0.717) is 22.0 Å². The summed E-state index contributed by atoms with van der Waals surface area (Å²) in [5.74, 6) is 0.822. The zero-order chi connectivity index (χ0) is 12.4. The highest BCUT2D eigenvalue weighted by Gasteiger charge is 2.16. The van der Waals surface area contributed by atoms with E-state index in [1.54, 1.807) is 31.4 Å². The predicted octanol–water partition coefficient (Wildman–Crippen LogP) is 2.27. The van der Waals surface area contributed by atoms with Gasteiger partial charge in [-0.3, -0.25) is 4.79 Å². The number of aryl methyl sites for hydroxylation is 1. The van der Waals surface area contributed by atoms with Crippen molar-refractivity contribution in [3.8, 4) is 5.75 Å². The number of hydrogen-bond acceptors (Lipinski definition) is 5. The van der Waals surface area contributed by atoms with Crippen LogP contribution in [0.2, 0.25) is 0 Å². The maximum Gasteiger partial charge on any atom is 0.206 e. The van der Waals surface area contributed by atoms with E-state index in [9.17, 15) is 4.79 Å². The van der Waals surface area contributed by atoms with Crippen LogP contribution in [0.1, 0.15) is 20.2 Å². The Balaban J connectivity index is 2.40. The van der Waals surface area contributed by atoms with Crippen LogP contribution in [0.25, 0.3) is 0 Å². The first kappa shape index (κ1) is 11.6. The van der Waals surface area contributed by atoms with Crippen LogP contribution in [-0.4, -0.2) is 17.9 Å². The van der Waals surface area contributed by atoms with E-state index >= 15 is 0 Å². The Morgan fingerprint density at radius 2 is 2.24 bits per heavy atom. The number of carbonyl (C=O) groups is 1. The zero-order valence-corrected chi connectivity index (χ0v) is 10.4. The van der Waals surface area contributed by atoms with Crippen molar-refractivity contribution in [3.05, 3.63) is 39.7 Å². The first-order valence-corrected chi connectivity index (χ1v) is 5.85. The summed E-state index contributed by atoms with van der Waals surface area (Å²) < 4.78 is 5.08. The van der Waals surface area contributed by atoms with Gasteiger partial charge in [0.2, 0.25) is 5.78 Å². The largest absolute Gasteiger partial charge is 0.497 e. The lowest BCUT2D eigenvalue weighted by Crippen LogP contribution is -2.02. The van der Waals surface area contributed by atoms with Crippen LogP contribution in [0, 0.1) is 6.92 Å². The molecule has 2 N–H and O–H groups in total. The molecule has 0 unspecified atom stereocenters. The average Bonchev–Trinajstić information content (AvgIpc) is 2.67. The standard InChI is InChI=1S/C12H12N2O2S/c1-7-14-12(13)11(17-7)10(15)8-4-3-5-9(6-8)16-2/h3-6H,13H2,1-2H3. The average molecular weight is 248 g/mol. The second-order valence-corrected chi connectivity index (χ2v) is 4.71. The topological polar surface area (TPSA) is 65.2 Å². The summed E-state index contributed by atoms with van der Waals surface area (Å²) in [5, 5.41) is 0.786. The van der Waals surface area contributed by atoms with Gasteiger partial charge in [0.25, 0.3) is 0 Å². The highest BCUT2D eigenvalue weighted by Crippen LogP contribution is 2.24. The summed E-state index contributed by atoms with van der Waals surface area (Å²) in [6.07, 6.45) is 0. The van der Waals surface area contributed by atoms with Gasteiger partial charge in [-0.25, -0.2) is 4.98 Å². The third kappa shape index (κ3) is 2.29. The van der Waals surface area contributed by atoms with E-state index in [1.807, 2.05) is 6.92 Å². The zero-order valence-electron chi connectivity index (χ0n) is 9.56. The molecule has 0 spiro atoms. The number of rotatable bonds is 3. The normalized spacial score (nSPS) is 10.2. The quantitative estimate of drug-likeness (QED) is 0.846. The number of carbonyl (C=O) groups excluding carboxylic acids is 1. The van der Waals surface area contributed by atoms with E-state index < -0.39 is 0 Å². The van der Waals surface area contributed by atoms with Gasteiger partial charge in [0.05, 0.1) is 12.1 Å². The number of thiazole rings is 1. The minimum atomic E-state index is -0.119. The molecule has 0 atom stereocenters. The molecule has 0 saturated heterocycles. The number of ketones is 1. The van der Waals surface area contributed by atoms with Crippen molar-refractivity contribution in [3.63, 3.8) is 0 Å². The Hall–Kier alpha value is -1.88. The van der Waals surface area contributed by atoms with E-state index in [4.69, 9.17) is 10.5 Å². The molecule has 4 nitrogen and oxygen atoms in total. The molecule has 0 radical (unpaired) electrons. The number of methoxy groups -OCH3 is 1. The van der Waals surface area contributed by atoms with Crippen molar-refractivity contribution in [2.24, 2.45) is 0 Å². The van der Waals surface area contributed by atoms with Crippen LogP contribution in [0.4, 0.5) is 5.82 Å².